The van der Waals surface area contributed by atoms with Gasteiger partial charge in [0.2, 0.25) is 5.91 Å². The van der Waals surface area contributed by atoms with Gasteiger partial charge in [-0.25, -0.2) is 4.39 Å². The number of halogens is 1. The van der Waals surface area contributed by atoms with Crippen molar-refractivity contribution in [2.75, 3.05) is 25.0 Å². The van der Waals surface area contributed by atoms with Crippen LogP contribution in [0.15, 0.2) is 24.3 Å². The maximum atomic E-state index is 12.7. The molecule has 1 aromatic carbocycles. The van der Waals surface area contributed by atoms with Crippen LogP contribution < -0.4 is 5.32 Å². The molecule has 4 nitrogen and oxygen atoms in total. The fraction of sp³-hybridized carbons (Fsp3) is 0.385. The summed E-state index contributed by atoms with van der Waals surface area (Å²) in [5.74, 6) is -0.346. The SMILES string of the molecule is O=C1CCCN(CC(=O)Nc2ccc(F)cc2)C1. The number of rotatable bonds is 3. The monoisotopic (exact) mass is 250 g/mol. The number of anilines is 1. The fourth-order valence-electron chi connectivity index (χ4n) is 1.98. The Kier molecular flexibility index (Phi) is 4.04. The number of Topliss-reactive ketones (excluding diaryl/α,β-unsaturated/α-hetero) is 1. The van der Waals surface area contributed by atoms with Gasteiger partial charge in [0, 0.05) is 12.1 Å². The molecule has 0 atom stereocenters. The number of hydrogen-bond donors (Lipinski definition) is 1. The highest BCUT2D eigenvalue weighted by molar-refractivity contribution is 5.92. The third-order valence-corrected chi connectivity index (χ3v) is 2.83. The van der Waals surface area contributed by atoms with Crippen LogP contribution >= 0.6 is 0 Å². The van der Waals surface area contributed by atoms with Crippen molar-refractivity contribution in [2.45, 2.75) is 12.8 Å². The minimum absolute atomic E-state index is 0.177. The molecule has 0 radical (unpaired) electrons. The third kappa shape index (κ3) is 3.63. The van der Waals surface area contributed by atoms with Gasteiger partial charge >= 0.3 is 0 Å². The Bertz CT molecular complexity index is 445. The van der Waals surface area contributed by atoms with E-state index in [1.807, 2.05) is 4.90 Å². The number of likely N-dealkylation sites (tertiary alicyclic amines) is 1. The van der Waals surface area contributed by atoms with Gasteiger partial charge in [-0.15, -0.1) is 0 Å². The van der Waals surface area contributed by atoms with Crippen LogP contribution in [-0.4, -0.2) is 36.2 Å². The van der Waals surface area contributed by atoms with Crippen molar-refractivity contribution in [2.24, 2.45) is 0 Å². The molecular weight excluding hydrogens is 235 g/mol. The Morgan fingerprint density at radius 1 is 1.33 bits per heavy atom. The molecule has 96 valence electrons. The van der Waals surface area contributed by atoms with Crippen LogP contribution in [0, 0.1) is 5.82 Å². The second kappa shape index (κ2) is 5.73. The number of ketones is 1. The van der Waals surface area contributed by atoms with Crippen LogP contribution in [-0.2, 0) is 9.59 Å². The van der Waals surface area contributed by atoms with E-state index in [9.17, 15) is 14.0 Å². The predicted octanol–water partition coefficient (Wildman–Crippen LogP) is 1.43. The Labute approximate surface area is 105 Å². The topological polar surface area (TPSA) is 49.4 Å². The minimum atomic E-state index is -0.338. The Balaban J connectivity index is 1.84. The number of piperidine rings is 1. The number of benzene rings is 1. The molecule has 1 aliphatic heterocycles. The molecule has 0 spiro atoms. The number of amides is 1. The van der Waals surface area contributed by atoms with Crippen molar-refractivity contribution >= 4 is 17.4 Å². The lowest BCUT2D eigenvalue weighted by molar-refractivity contribution is -0.123. The summed E-state index contributed by atoms with van der Waals surface area (Å²) in [6, 6.07) is 5.60. The highest BCUT2D eigenvalue weighted by atomic mass is 19.1. The van der Waals surface area contributed by atoms with Gasteiger partial charge in [-0.3, -0.25) is 14.5 Å². The van der Waals surface area contributed by atoms with Gasteiger partial charge in [0.05, 0.1) is 13.1 Å². The molecule has 1 aromatic rings. The molecule has 1 heterocycles. The van der Waals surface area contributed by atoms with Crippen LogP contribution in [0.25, 0.3) is 0 Å². The predicted molar refractivity (Wildman–Crippen MR) is 65.7 cm³/mol. The van der Waals surface area contributed by atoms with E-state index in [4.69, 9.17) is 0 Å². The second-order valence-electron chi connectivity index (χ2n) is 4.41. The summed E-state index contributed by atoms with van der Waals surface area (Å²) in [5.41, 5.74) is 0.560. The molecule has 0 unspecified atom stereocenters. The molecule has 1 aliphatic rings. The molecule has 18 heavy (non-hydrogen) atoms. The number of hydrogen-bond acceptors (Lipinski definition) is 3. The van der Waals surface area contributed by atoms with Crippen LogP contribution in [0.4, 0.5) is 10.1 Å². The van der Waals surface area contributed by atoms with Gasteiger partial charge < -0.3 is 5.32 Å². The summed E-state index contributed by atoms with van der Waals surface area (Å²) < 4.78 is 12.7. The zero-order chi connectivity index (χ0) is 13.0. The van der Waals surface area contributed by atoms with Crippen LogP contribution in [0.2, 0.25) is 0 Å². The fourth-order valence-corrected chi connectivity index (χ4v) is 1.98. The van der Waals surface area contributed by atoms with E-state index < -0.39 is 0 Å². The molecule has 2 rings (SSSR count). The lowest BCUT2D eigenvalue weighted by Gasteiger charge is -2.24. The van der Waals surface area contributed by atoms with E-state index in [1.165, 1.54) is 24.3 Å². The smallest absolute Gasteiger partial charge is 0.238 e. The van der Waals surface area contributed by atoms with Crippen molar-refractivity contribution < 1.29 is 14.0 Å². The Morgan fingerprint density at radius 3 is 2.72 bits per heavy atom. The molecule has 1 amide bonds. The van der Waals surface area contributed by atoms with Gasteiger partial charge in [-0.2, -0.15) is 0 Å². The largest absolute Gasteiger partial charge is 0.325 e. The molecule has 0 bridgehead atoms. The standard InChI is InChI=1S/C13H15FN2O2/c14-10-3-5-11(6-4-10)15-13(18)9-16-7-1-2-12(17)8-16/h3-6H,1-2,7-9H2,(H,15,18). The summed E-state index contributed by atoms with van der Waals surface area (Å²) in [6.45, 7) is 1.31. The van der Waals surface area contributed by atoms with Crippen molar-refractivity contribution in [3.8, 4) is 0 Å². The highest BCUT2D eigenvalue weighted by Gasteiger charge is 2.18. The lowest BCUT2D eigenvalue weighted by atomic mass is 10.1. The lowest BCUT2D eigenvalue weighted by Crippen LogP contribution is -2.40. The van der Waals surface area contributed by atoms with Crippen molar-refractivity contribution in [1.82, 2.24) is 4.90 Å². The molecule has 0 saturated carbocycles. The maximum Gasteiger partial charge on any atom is 0.238 e. The summed E-state index contributed by atoms with van der Waals surface area (Å²) in [6.07, 6.45) is 1.42. The average Bonchev–Trinajstić information content (AvgIpc) is 2.32. The normalized spacial score (nSPS) is 16.6. The van der Waals surface area contributed by atoms with Gasteiger partial charge in [-0.1, -0.05) is 0 Å². The van der Waals surface area contributed by atoms with E-state index >= 15 is 0 Å². The molecule has 0 aliphatic carbocycles. The summed E-state index contributed by atoms with van der Waals surface area (Å²) in [5, 5.41) is 2.67. The number of carbonyl (C=O) groups is 2. The first-order valence-corrected chi connectivity index (χ1v) is 5.93. The van der Waals surface area contributed by atoms with Gasteiger partial charge in [0.15, 0.2) is 0 Å². The zero-order valence-corrected chi connectivity index (χ0v) is 9.99. The van der Waals surface area contributed by atoms with Gasteiger partial charge in [-0.05, 0) is 37.2 Å². The van der Waals surface area contributed by atoms with E-state index in [2.05, 4.69) is 5.32 Å². The number of nitrogens with one attached hydrogen (secondary N) is 1. The Hall–Kier alpha value is -1.75. The quantitative estimate of drug-likeness (QED) is 0.882. The van der Waals surface area contributed by atoms with Gasteiger partial charge in [0.1, 0.15) is 11.6 Å². The molecule has 1 N–H and O–H groups in total. The molecule has 5 heteroatoms. The van der Waals surface area contributed by atoms with Crippen LogP contribution in [0.3, 0.4) is 0 Å². The Morgan fingerprint density at radius 2 is 2.06 bits per heavy atom. The summed E-state index contributed by atoms with van der Waals surface area (Å²) >= 11 is 0. The number of nitrogens with zero attached hydrogens (tertiary/aromatic N) is 1. The maximum absolute atomic E-state index is 12.7. The molecular formula is C13H15FN2O2. The van der Waals surface area contributed by atoms with Crippen LogP contribution in [0.5, 0.6) is 0 Å². The molecule has 0 aromatic heterocycles. The van der Waals surface area contributed by atoms with E-state index in [1.54, 1.807) is 0 Å². The van der Waals surface area contributed by atoms with E-state index in [0.717, 1.165) is 13.0 Å². The molecule has 1 saturated heterocycles. The van der Waals surface area contributed by atoms with Crippen LogP contribution in [0.1, 0.15) is 12.8 Å². The average molecular weight is 250 g/mol. The van der Waals surface area contributed by atoms with Crippen molar-refractivity contribution in [3.05, 3.63) is 30.1 Å². The zero-order valence-electron chi connectivity index (χ0n) is 9.99. The highest BCUT2D eigenvalue weighted by Crippen LogP contribution is 2.09. The number of carbonyl (C=O) groups excluding carboxylic acids is 2. The first kappa shape index (κ1) is 12.7. The molecule has 1 fully saturated rings. The van der Waals surface area contributed by atoms with Crippen molar-refractivity contribution in [3.63, 3.8) is 0 Å². The second-order valence-corrected chi connectivity index (χ2v) is 4.41. The minimum Gasteiger partial charge on any atom is -0.325 e. The van der Waals surface area contributed by atoms with E-state index in [0.29, 0.717) is 18.7 Å². The van der Waals surface area contributed by atoms with Crippen molar-refractivity contribution in [1.29, 1.82) is 0 Å². The van der Waals surface area contributed by atoms with Gasteiger partial charge in [0.25, 0.3) is 0 Å². The van der Waals surface area contributed by atoms with E-state index in [-0.39, 0.29) is 24.1 Å². The summed E-state index contributed by atoms with van der Waals surface area (Å²) in [4.78, 5) is 24.8. The summed E-state index contributed by atoms with van der Waals surface area (Å²) in [7, 11) is 0. The first-order valence-electron chi connectivity index (χ1n) is 5.93. The first-order chi connectivity index (χ1) is 8.63. The third-order valence-electron chi connectivity index (χ3n) is 2.83.